The van der Waals surface area contributed by atoms with Gasteiger partial charge in [0.15, 0.2) is 11.5 Å². The van der Waals surface area contributed by atoms with Crippen LogP contribution in [0.15, 0.2) is 0 Å². The second kappa shape index (κ2) is 3.07. The van der Waals surface area contributed by atoms with Gasteiger partial charge in [0.2, 0.25) is 0 Å². The molecule has 0 radical (unpaired) electrons. The van der Waals surface area contributed by atoms with Crippen LogP contribution in [0.5, 0.6) is 0 Å². The summed E-state index contributed by atoms with van der Waals surface area (Å²) in [5.74, 6) is -1.65. The minimum Gasteiger partial charge on any atom is -0.293 e. The summed E-state index contributed by atoms with van der Waals surface area (Å²) in [4.78, 5) is 20.8. The van der Waals surface area contributed by atoms with Crippen LogP contribution in [0.3, 0.4) is 0 Å². The van der Waals surface area contributed by atoms with Crippen molar-refractivity contribution in [2.75, 3.05) is 7.05 Å². The molecule has 0 aliphatic carbocycles. The molecule has 5 heteroatoms. The molecule has 1 amide bonds. The van der Waals surface area contributed by atoms with E-state index >= 15 is 0 Å². The van der Waals surface area contributed by atoms with Crippen molar-refractivity contribution < 1.29 is 14.8 Å². The highest BCUT2D eigenvalue weighted by atomic mass is 16.5. The lowest BCUT2D eigenvalue weighted by molar-refractivity contribution is -0.151. The van der Waals surface area contributed by atoms with Crippen molar-refractivity contribution in [3.63, 3.8) is 0 Å². The number of hydrogen-bond donors (Lipinski definition) is 2. The van der Waals surface area contributed by atoms with E-state index in [9.17, 15) is 9.59 Å². The summed E-state index contributed by atoms with van der Waals surface area (Å²) in [7, 11) is 1.06. The second-order valence-electron chi connectivity index (χ2n) is 1.76. The molecule has 0 heterocycles. The Morgan fingerprint density at radius 1 is 1.50 bits per heavy atom. The minimum absolute atomic E-state index is 0.198. The van der Waals surface area contributed by atoms with Gasteiger partial charge in [-0.3, -0.25) is 20.2 Å². The predicted octanol–water partition coefficient (Wildman–Crippen LogP) is -0.557. The number of nitrogens with zero attached hydrogens (tertiary/aromatic N) is 1. The van der Waals surface area contributed by atoms with Gasteiger partial charge < -0.3 is 0 Å². The number of rotatable bonds is 2. The summed E-state index contributed by atoms with van der Waals surface area (Å²) in [6.07, 6.45) is 0. The molecule has 2 N–H and O–H groups in total. The number of nitrogens with one attached hydrogen (secondary N) is 1. The molecular weight excluding hydrogens is 136 g/mol. The van der Waals surface area contributed by atoms with Crippen LogP contribution < -0.4 is 0 Å². The van der Waals surface area contributed by atoms with Gasteiger partial charge in [0, 0.05) is 14.0 Å². The predicted molar refractivity (Wildman–Crippen MR) is 33.0 cm³/mol. The molecule has 0 rings (SSSR count). The molecule has 0 aliphatic heterocycles. The maximum absolute atomic E-state index is 10.5. The normalized spacial score (nSPS) is 8.70. The molecule has 0 aromatic heterocycles. The number of carbonyl (C=O) groups is 2. The smallest absolute Gasteiger partial charge is 0.293 e. The Bertz CT molecular complexity index is 185. The summed E-state index contributed by atoms with van der Waals surface area (Å²) >= 11 is 0. The Kier molecular flexibility index (Phi) is 2.69. The van der Waals surface area contributed by atoms with Crippen LogP contribution in [0.25, 0.3) is 0 Å². The maximum atomic E-state index is 10.5. The van der Waals surface area contributed by atoms with Crippen molar-refractivity contribution in [2.24, 2.45) is 0 Å². The van der Waals surface area contributed by atoms with Gasteiger partial charge in [-0.15, -0.1) is 0 Å². The summed E-state index contributed by atoms with van der Waals surface area (Å²) in [6.45, 7) is 1.09. The van der Waals surface area contributed by atoms with E-state index in [1.807, 2.05) is 0 Å². The van der Waals surface area contributed by atoms with E-state index in [1.54, 1.807) is 0 Å². The molecule has 0 fully saturated rings. The van der Waals surface area contributed by atoms with Crippen molar-refractivity contribution >= 4 is 17.4 Å². The zero-order valence-electron chi connectivity index (χ0n) is 5.71. The number of carbonyl (C=O) groups excluding carboxylic acids is 2. The van der Waals surface area contributed by atoms with Crippen molar-refractivity contribution in [1.82, 2.24) is 5.06 Å². The standard InChI is InChI=1S/C5H8N2O3/c1-3(8)4(6)5(9)7(2)10/h6,10H,1-2H3. The number of amides is 1. The van der Waals surface area contributed by atoms with Crippen LogP contribution >= 0.6 is 0 Å². The van der Waals surface area contributed by atoms with Crippen molar-refractivity contribution in [3.05, 3.63) is 0 Å². The fourth-order valence-electron chi connectivity index (χ4n) is 0.312. The van der Waals surface area contributed by atoms with Gasteiger partial charge in [0.25, 0.3) is 5.91 Å². The first-order valence-corrected chi connectivity index (χ1v) is 2.53. The van der Waals surface area contributed by atoms with Gasteiger partial charge in [-0.1, -0.05) is 0 Å². The lowest BCUT2D eigenvalue weighted by atomic mass is 10.2. The zero-order chi connectivity index (χ0) is 8.31. The quantitative estimate of drug-likeness (QED) is 0.236. The van der Waals surface area contributed by atoms with Crippen LogP contribution in [0.2, 0.25) is 0 Å². The number of hydroxylamine groups is 2. The van der Waals surface area contributed by atoms with Crippen molar-refractivity contribution in [3.8, 4) is 0 Å². The summed E-state index contributed by atoms with van der Waals surface area (Å²) in [5, 5.41) is 15.4. The molecule has 0 saturated carbocycles. The molecular formula is C5H8N2O3. The third kappa shape index (κ3) is 1.94. The first-order valence-electron chi connectivity index (χ1n) is 2.53. The van der Waals surface area contributed by atoms with E-state index in [2.05, 4.69) is 0 Å². The highest BCUT2D eigenvalue weighted by molar-refractivity contribution is 6.63. The topological polar surface area (TPSA) is 81.5 Å². The largest absolute Gasteiger partial charge is 0.298 e. The molecule has 0 unspecified atom stereocenters. The lowest BCUT2D eigenvalue weighted by Gasteiger charge is -2.05. The fraction of sp³-hybridized carbons (Fsp3) is 0.400. The number of hydrogen-bond acceptors (Lipinski definition) is 4. The van der Waals surface area contributed by atoms with E-state index in [0.29, 0.717) is 0 Å². The van der Waals surface area contributed by atoms with Gasteiger partial charge >= 0.3 is 0 Å². The third-order valence-electron chi connectivity index (χ3n) is 0.860. The van der Waals surface area contributed by atoms with Gasteiger partial charge in [-0.25, -0.2) is 5.06 Å². The monoisotopic (exact) mass is 144 g/mol. The van der Waals surface area contributed by atoms with E-state index in [-0.39, 0.29) is 5.06 Å². The molecule has 10 heavy (non-hydrogen) atoms. The summed E-state index contributed by atoms with van der Waals surface area (Å²) < 4.78 is 0. The average Bonchev–Trinajstić information content (AvgIpc) is 1.84. The van der Waals surface area contributed by atoms with E-state index < -0.39 is 17.4 Å². The van der Waals surface area contributed by atoms with Gasteiger partial charge in [0.1, 0.15) is 0 Å². The third-order valence-corrected chi connectivity index (χ3v) is 0.860. The van der Waals surface area contributed by atoms with Gasteiger partial charge in [0.05, 0.1) is 0 Å². The fourth-order valence-corrected chi connectivity index (χ4v) is 0.312. The Balaban J connectivity index is 4.24. The van der Waals surface area contributed by atoms with E-state index in [1.165, 1.54) is 0 Å². The average molecular weight is 144 g/mol. The Labute approximate surface area is 57.7 Å². The van der Waals surface area contributed by atoms with Gasteiger partial charge in [-0.2, -0.15) is 0 Å². The Hall–Kier alpha value is -1.23. The highest BCUT2D eigenvalue weighted by Gasteiger charge is 2.16. The molecule has 0 aromatic rings. The lowest BCUT2D eigenvalue weighted by Crippen LogP contribution is -2.33. The number of Topliss-reactive ketones (excluding diaryl/α,β-unsaturated/α-hetero) is 1. The SMILES string of the molecule is CC(=O)C(=N)C(=O)N(C)O. The molecule has 0 atom stereocenters. The first-order chi connectivity index (χ1) is 4.46. The zero-order valence-corrected chi connectivity index (χ0v) is 5.71. The maximum Gasteiger partial charge on any atom is 0.298 e. The van der Waals surface area contributed by atoms with E-state index in [4.69, 9.17) is 10.6 Å². The minimum atomic E-state index is -0.993. The molecule has 0 aliphatic rings. The Morgan fingerprint density at radius 2 is 1.90 bits per heavy atom. The van der Waals surface area contributed by atoms with Crippen LogP contribution in [-0.2, 0) is 9.59 Å². The molecule has 0 saturated heterocycles. The van der Waals surface area contributed by atoms with Crippen LogP contribution in [0.1, 0.15) is 6.92 Å². The molecule has 0 bridgehead atoms. The first kappa shape index (κ1) is 8.77. The van der Waals surface area contributed by atoms with E-state index in [0.717, 1.165) is 14.0 Å². The molecule has 56 valence electrons. The highest BCUT2D eigenvalue weighted by Crippen LogP contribution is 1.83. The summed E-state index contributed by atoms with van der Waals surface area (Å²) in [5.41, 5.74) is -0.718. The number of ketones is 1. The molecule has 5 nitrogen and oxygen atoms in total. The van der Waals surface area contributed by atoms with Crippen molar-refractivity contribution in [2.45, 2.75) is 6.92 Å². The van der Waals surface area contributed by atoms with Gasteiger partial charge in [-0.05, 0) is 0 Å². The molecule has 0 spiro atoms. The van der Waals surface area contributed by atoms with Crippen LogP contribution in [-0.4, -0.2) is 34.7 Å². The summed E-state index contributed by atoms with van der Waals surface area (Å²) in [6, 6.07) is 0. The van der Waals surface area contributed by atoms with Crippen LogP contribution in [0.4, 0.5) is 0 Å². The molecule has 0 aromatic carbocycles. The van der Waals surface area contributed by atoms with Crippen LogP contribution in [0, 0.1) is 5.41 Å². The Morgan fingerprint density at radius 3 is 2.00 bits per heavy atom. The second-order valence-corrected chi connectivity index (χ2v) is 1.76. The van der Waals surface area contributed by atoms with Crippen molar-refractivity contribution in [1.29, 1.82) is 5.41 Å².